The number of nitrogens with zero attached hydrogens (tertiary/aromatic N) is 2. The van der Waals surface area contributed by atoms with Crippen LogP contribution in [0.5, 0.6) is 0 Å². The SMILES string of the molecule is O=C(CCc1cccc(Cl)c1)N1CCN(C2CCS(=O)(=O)CC2)CC1. The first kappa shape index (κ1) is 18.7. The summed E-state index contributed by atoms with van der Waals surface area (Å²) in [6.45, 7) is 3.15. The minimum atomic E-state index is -2.82. The molecule has 0 aliphatic carbocycles. The Labute approximate surface area is 154 Å². The molecule has 1 amide bonds. The quantitative estimate of drug-likeness (QED) is 0.796. The van der Waals surface area contributed by atoms with Crippen molar-refractivity contribution in [2.45, 2.75) is 31.7 Å². The van der Waals surface area contributed by atoms with Gasteiger partial charge in [-0.3, -0.25) is 9.69 Å². The first-order valence-electron chi connectivity index (χ1n) is 8.90. The summed E-state index contributed by atoms with van der Waals surface area (Å²) < 4.78 is 23.1. The predicted octanol–water partition coefficient (Wildman–Crippen LogP) is 1.99. The van der Waals surface area contributed by atoms with E-state index in [0.717, 1.165) is 44.6 Å². The molecule has 0 bridgehead atoms. The summed E-state index contributed by atoms with van der Waals surface area (Å²) in [6, 6.07) is 8.00. The van der Waals surface area contributed by atoms with Gasteiger partial charge in [-0.25, -0.2) is 8.42 Å². The van der Waals surface area contributed by atoms with E-state index in [1.54, 1.807) is 0 Å². The number of amides is 1. The number of carbonyl (C=O) groups is 1. The molecule has 0 radical (unpaired) electrons. The van der Waals surface area contributed by atoms with E-state index in [-0.39, 0.29) is 5.91 Å². The average molecular weight is 385 g/mol. The van der Waals surface area contributed by atoms with Crippen LogP contribution in [0.25, 0.3) is 0 Å². The number of aryl methyl sites for hydroxylation is 1. The highest BCUT2D eigenvalue weighted by Gasteiger charge is 2.30. The lowest BCUT2D eigenvalue weighted by Gasteiger charge is -2.40. The molecular formula is C18H25ClN2O3S. The first-order valence-corrected chi connectivity index (χ1v) is 11.1. The van der Waals surface area contributed by atoms with Gasteiger partial charge in [0, 0.05) is 43.7 Å². The maximum Gasteiger partial charge on any atom is 0.222 e. The van der Waals surface area contributed by atoms with Gasteiger partial charge in [-0.15, -0.1) is 0 Å². The summed E-state index contributed by atoms with van der Waals surface area (Å²) >= 11 is 5.98. The van der Waals surface area contributed by atoms with Crippen LogP contribution in [0.1, 0.15) is 24.8 Å². The van der Waals surface area contributed by atoms with Gasteiger partial charge in [0.05, 0.1) is 11.5 Å². The highest BCUT2D eigenvalue weighted by molar-refractivity contribution is 7.91. The number of piperazine rings is 1. The van der Waals surface area contributed by atoms with Gasteiger partial charge in [-0.2, -0.15) is 0 Å². The summed E-state index contributed by atoms with van der Waals surface area (Å²) in [5.41, 5.74) is 1.09. The zero-order chi connectivity index (χ0) is 17.9. The highest BCUT2D eigenvalue weighted by Crippen LogP contribution is 2.20. The lowest BCUT2D eigenvalue weighted by molar-refractivity contribution is -0.133. The van der Waals surface area contributed by atoms with Crippen molar-refractivity contribution < 1.29 is 13.2 Å². The Kier molecular flexibility index (Phi) is 6.02. The van der Waals surface area contributed by atoms with Gasteiger partial charge >= 0.3 is 0 Å². The van der Waals surface area contributed by atoms with Crippen molar-refractivity contribution in [3.05, 3.63) is 34.9 Å². The summed E-state index contributed by atoms with van der Waals surface area (Å²) in [4.78, 5) is 16.7. The van der Waals surface area contributed by atoms with E-state index in [1.807, 2.05) is 29.2 Å². The van der Waals surface area contributed by atoms with Crippen molar-refractivity contribution in [2.75, 3.05) is 37.7 Å². The van der Waals surface area contributed by atoms with E-state index in [0.29, 0.717) is 35.4 Å². The number of rotatable bonds is 4. The molecule has 7 heteroatoms. The fourth-order valence-electron chi connectivity index (χ4n) is 3.68. The molecule has 3 rings (SSSR count). The van der Waals surface area contributed by atoms with Crippen molar-refractivity contribution >= 4 is 27.3 Å². The largest absolute Gasteiger partial charge is 0.340 e. The van der Waals surface area contributed by atoms with E-state index in [1.165, 1.54) is 0 Å². The predicted molar refractivity (Wildman–Crippen MR) is 99.6 cm³/mol. The molecule has 0 spiro atoms. The zero-order valence-corrected chi connectivity index (χ0v) is 15.9. The monoisotopic (exact) mass is 384 g/mol. The van der Waals surface area contributed by atoms with E-state index in [9.17, 15) is 13.2 Å². The molecule has 25 heavy (non-hydrogen) atoms. The molecule has 0 saturated carbocycles. The Morgan fingerprint density at radius 3 is 2.44 bits per heavy atom. The van der Waals surface area contributed by atoms with Gasteiger partial charge in [0.2, 0.25) is 5.91 Å². The van der Waals surface area contributed by atoms with Crippen LogP contribution in [0, 0.1) is 0 Å². The first-order chi connectivity index (χ1) is 11.9. The smallest absolute Gasteiger partial charge is 0.222 e. The molecule has 0 N–H and O–H groups in total. The second kappa shape index (κ2) is 8.06. The second-order valence-corrected chi connectivity index (χ2v) is 9.67. The Morgan fingerprint density at radius 2 is 1.80 bits per heavy atom. The Balaban J connectivity index is 1.43. The summed E-state index contributed by atoms with van der Waals surface area (Å²) in [6.07, 6.45) is 2.66. The second-order valence-electron chi connectivity index (χ2n) is 6.93. The van der Waals surface area contributed by atoms with Crippen LogP contribution in [0.2, 0.25) is 5.02 Å². The minimum Gasteiger partial charge on any atom is -0.340 e. The van der Waals surface area contributed by atoms with Crippen molar-refractivity contribution in [3.8, 4) is 0 Å². The molecule has 2 aliphatic rings. The van der Waals surface area contributed by atoms with Crippen molar-refractivity contribution in [2.24, 2.45) is 0 Å². The zero-order valence-electron chi connectivity index (χ0n) is 14.4. The van der Waals surface area contributed by atoms with Crippen LogP contribution in [0.4, 0.5) is 0 Å². The average Bonchev–Trinajstić information content (AvgIpc) is 2.60. The van der Waals surface area contributed by atoms with Gasteiger partial charge in [0.25, 0.3) is 0 Å². The van der Waals surface area contributed by atoms with Crippen molar-refractivity contribution in [1.29, 1.82) is 0 Å². The normalized spacial score (nSPS) is 22.0. The summed E-state index contributed by atoms with van der Waals surface area (Å²) in [5, 5.41) is 0.702. The topological polar surface area (TPSA) is 57.7 Å². The molecular weight excluding hydrogens is 360 g/mol. The van der Waals surface area contributed by atoms with E-state index in [2.05, 4.69) is 4.90 Å². The Hall–Kier alpha value is -1.11. The van der Waals surface area contributed by atoms with Crippen LogP contribution in [-0.2, 0) is 21.1 Å². The van der Waals surface area contributed by atoms with E-state index >= 15 is 0 Å². The third-order valence-corrected chi connectivity index (χ3v) is 7.17. The molecule has 138 valence electrons. The summed E-state index contributed by atoms with van der Waals surface area (Å²) in [7, 11) is -2.82. The number of carbonyl (C=O) groups excluding carboxylic acids is 1. The van der Waals surface area contributed by atoms with Gasteiger partial charge in [0.15, 0.2) is 0 Å². The number of halogens is 1. The number of hydrogen-bond acceptors (Lipinski definition) is 4. The van der Waals surface area contributed by atoms with Crippen LogP contribution in [-0.4, -0.2) is 67.9 Å². The number of hydrogen-bond donors (Lipinski definition) is 0. The van der Waals surface area contributed by atoms with Crippen LogP contribution < -0.4 is 0 Å². The molecule has 1 aromatic carbocycles. The molecule has 1 aromatic rings. The van der Waals surface area contributed by atoms with Gasteiger partial charge in [0.1, 0.15) is 9.84 Å². The van der Waals surface area contributed by atoms with Crippen LogP contribution in [0.15, 0.2) is 24.3 Å². The molecule has 2 heterocycles. The Morgan fingerprint density at radius 1 is 1.12 bits per heavy atom. The van der Waals surface area contributed by atoms with E-state index < -0.39 is 9.84 Å². The third kappa shape index (κ3) is 5.19. The summed E-state index contributed by atoms with van der Waals surface area (Å²) in [5.74, 6) is 0.790. The standard InChI is InChI=1S/C18H25ClN2O3S/c19-16-3-1-2-15(14-16)4-5-18(22)21-10-8-20(9-11-21)17-6-12-25(23,24)13-7-17/h1-3,14,17H,4-13H2. The lowest BCUT2D eigenvalue weighted by atomic mass is 10.1. The molecule has 2 aliphatic heterocycles. The van der Waals surface area contributed by atoms with Crippen LogP contribution in [0.3, 0.4) is 0 Å². The lowest BCUT2D eigenvalue weighted by Crippen LogP contribution is -2.53. The van der Waals surface area contributed by atoms with Crippen LogP contribution >= 0.6 is 11.6 Å². The Bertz CT molecular complexity index is 701. The molecule has 2 fully saturated rings. The fourth-order valence-corrected chi connectivity index (χ4v) is 5.36. The molecule has 5 nitrogen and oxygen atoms in total. The molecule has 0 unspecified atom stereocenters. The maximum atomic E-state index is 12.4. The van der Waals surface area contributed by atoms with Gasteiger partial charge in [-0.1, -0.05) is 23.7 Å². The number of sulfone groups is 1. The van der Waals surface area contributed by atoms with Gasteiger partial charge in [-0.05, 0) is 37.0 Å². The minimum absolute atomic E-state index is 0.186. The van der Waals surface area contributed by atoms with Crippen molar-refractivity contribution in [1.82, 2.24) is 9.80 Å². The van der Waals surface area contributed by atoms with Gasteiger partial charge < -0.3 is 4.90 Å². The molecule has 2 saturated heterocycles. The van der Waals surface area contributed by atoms with Crippen molar-refractivity contribution in [3.63, 3.8) is 0 Å². The highest BCUT2D eigenvalue weighted by atomic mass is 35.5. The maximum absolute atomic E-state index is 12.4. The fraction of sp³-hybridized carbons (Fsp3) is 0.611. The van der Waals surface area contributed by atoms with E-state index in [4.69, 9.17) is 11.6 Å². The molecule has 0 aromatic heterocycles. The third-order valence-electron chi connectivity index (χ3n) is 5.22. The number of benzene rings is 1. The molecule has 0 atom stereocenters.